The van der Waals surface area contributed by atoms with Gasteiger partial charge in [-0.3, -0.25) is 14.6 Å². The van der Waals surface area contributed by atoms with Crippen molar-refractivity contribution in [2.75, 3.05) is 31.6 Å². The Hall–Kier alpha value is -3.96. The zero-order valence-corrected chi connectivity index (χ0v) is 19.1. The standard InChI is InChI=1S/C26H26N6O2/c1-31-22(33)16-34-26-25(31)29-23(19-5-3-2-4-6-19)24(30-26)20-9-7-18(8-10-20)15-32-13-11-21(12-14-32)28-17-27/h2-10,21,28H,11-16H2,1H3. The smallest absolute Gasteiger partial charge is 0.266 e. The maximum absolute atomic E-state index is 12.1. The minimum Gasteiger partial charge on any atom is -0.465 e. The van der Waals surface area contributed by atoms with Crippen LogP contribution < -0.4 is 15.0 Å². The quantitative estimate of drug-likeness (QED) is 0.467. The van der Waals surface area contributed by atoms with E-state index >= 15 is 0 Å². The zero-order valence-electron chi connectivity index (χ0n) is 19.1. The summed E-state index contributed by atoms with van der Waals surface area (Å²) in [7, 11) is 1.70. The van der Waals surface area contributed by atoms with Gasteiger partial charge in [0, 0.05) is 43.9 Å². The van der Waals surface area contributed by atoms with Gasteiger partial charge in [0.2, 0.25) is 0 Å². The van der Waals surface area contributed by atoms with Gasteiger partial charge in [-0.1, -0.05) is 54.6 Å². The van der Waals surface area contributed by atoms with E-state index in [1.54, 1.807) is 7.05 Å². The molecule has 0 bridgehead atoms. The molecule has 1 saturated heterocycles. The fourth-order valence-corrected chi connectivity index (χ4v) is 4.42. The van der Waals surface area contributed by atoms with Gasteiger partial charge in [0.15, 0.2) is 18.6 Å². The second-order valence-corrected chi connectivity index (χ2v) is 8.66. The van der Waals surface area contributed by atoms with Gasteiger partial charge in [-0.05, 0) is 18.4 Å². The van der Waals surface area contributed by atoms with Gasteiger partial charge >= 0.3 is 0 Å². The van der Waals surface area contributed by atoms with Gasteiger partial charge in [-0.2, -0.15) is 5.26 Å². The number of anilines is 1. The molecule has 0 aliphatic carbocycles. The summed E-state index contributed by atoms with van der Waals surface area (Å²) in [4.78, 5) is 25.6. The van der Waals surface area contributed by atoms with Crippen molar-refractivity contribution < 1.29 is 9.53 Å². The average Bonchev–Trinajstić information content (AvgIpc) is 2.88. The zero-order chi connectivity index (χ0) is 23.5. The summed E-state index contributed by atoms with van der Waals surface area (Å²) < 4.78 is 5.61. The first-order valence-corrected chi connectivity index (χ1v) is 11.5. The third-order valence-electron chi connectivity index (χ3n) is 6.41. The predicted octanol–water partition coefficient (Wildman–Crippen LogP) is 3.20. The maximum Gasteiger partial charge on any atom is 0.266 e. The van der Waals surface area contributed by atoms with E-state index in [2.05, 4.69) is 40.7 Å². The summed E-state index contributed by atoms with van der Waals surface area (Å²) in [5.41, 5.74) is 4.53. The van der Waals surface area contributed by atoms with Crippen molar-refractivity contribution in [1.82, 2.24) is 20.2 Å². The van der Waals surface area contributed by atoms with Crippen LogP contribution in [-0.2, 0) is 11.3 Å². The number of fused-ring (bicyclic) bond motifs is 1. The number of carbonyl (C=O) groups excluding carboxylic acids is 1. The van der Waals surface area contributed by atoms with Crippen LogP contribution in [0.2, 0.25) is 0 Å². The second kappa shape index (κ2) is 9.49. The van der Waals surface area contributed by atoms with E-state index in [0.29, 0.717) is 23.4 Å². The molecule has 1 fully saturated rings. The number of carbonyl (C=O) groups is 1. The molecule has 1 aromatic heterocycles. The SMILES string of the molecule is CN1C(=O)COc2nc(-c3ccc(CN4CCC(NC#N)CC4)cc3)c(-c3ccccc3)nc21. The van der Waals surface area contributed by atoms with Gasteiger partial charge in [0.25, 0.3) is 11.8 Å². The molecule has 2 aliphatic heterocycles. The first kappa shape index (κ1) is 21.9. The van der Waals surface area contributed by atoms with Crippen molar-refractivity contribution in [2.45, 2.75) is 25.4 Å². The summed E-state index contributed by atoms with van der Waals surface area (Å²) in [6, 6.07) is 18.5. The molecule has 8 heteroatoms. The van der Waals surface area contributed by atoms with E-state index in [1.165, 1.54) is 10.5 Å². The lowest BCUT2D eigenvalue weighted by Crippen LogP contribution is -2.40. The molecule has 0 atom stereocenters. The Morgan fingerprint density at radius 2 is 1.71 bits per heavy atom. The molecule has 5 rings (SSSR count). The lowest BCUT2D eigenvalue weighted by Gasteiger charge is -2.31. The number of benzene rings is 2. The molecule has 1 N–H and O–H groups in total. The monoisotopic (exact) mass is 454 g/mol. The number of ether oxygens (including phenoxy) is 1. The number of nitrogens with zero attached hydrogens (tertiary/aromatic N) is 5. The topological polar surface area (TPSA) is 94.4 Å². The number of nitriles is 1. The van der Waals surface area contributed by atoms with Crippen LogP contribution >= 0.6 is 0 Å². The Bertz CT molecular complexity index is 1210. The Morgan fingerprint density at radius 3 is 2.41 bits per heavy atom. The fourth-order valence-electron chi connectivity index (χ4n) is 4.42. The van der Waals surface area contributed by atoms with Crippen LogP contribution in [-0.4, -0.2) is 53.6 Å². The van der Waals surface area contributed by atoms with Crippen LogP contribution in [0, 0.1) is 11.5 Å². The number of amides is 1. The van der Waals surface area contributed by atoms with E-state index in [0.717, 1.165) is 49.3 Å². The molecular weight excluding hydrogens is 428 g/mol. The molecule has 172 valence electrons. The van der Waals surface area contributed by atoms with Crippen LogP contribution in [0.3, 0.4) is 0 Å². The number of piperidine rings is 1. The minimum absolute atomic E-state index is 0.0399. The van der Waals surface area contributed by atoms with E-state index in [9.17, 15) is 4.79 Å². The van der Waals surface area contributed by atoms with Crippen LogP contribution in [0.4, 0.5) is 5.82 Å². The average molecular weight is 455 g/mol. The molecule has 0 radical (unpaired) electrons. The van der Waals surface area contributed by atoms with Crippen molar-refractivity contribution >= 4 is 11.7 Å². The highest BCUT2D eigenvalue weighted by atomic mass is 16.5. The summed E-state index contributed by atoms with van der Waals surface area (Å²) in [5.74, 6) is 0.657. The molecule has 3 aromatic rings. The highest BCUT2D eigenvalue weighted by molar-refractivity contribution is 5.96. The van der Waals surface area contributed by atoms with Crippen molar-refractivity contribution in [3.8, 4) is 34.6 Å². The molecule has 0 saturated carbocycles. The van der Waals surface area contributed by atoms with Gasteiger partial charge < -0.3 is 10.1 Å². The summed E-state index contributed by atoms with van der Waals surface area (Å²) in [5, 5.41) is 11.7. The largest absolute Gasteiger partial charge is 0.465 e. The van der Waals surface area contributed by atoms with Crippen molar-refractivity contribution in [1.29, 1.82) is 5.26 Å². The highest BCUT2D eigenvalue weighted by Crippen LogP contribution is 2.36. The van der Waals surface area contributed by atoms with E-state index in [4.69, 9.17) is 20.0 Å². The summed E-state index contributed by atoms with van der Waals surface area (Å²) in [6.45, 7) is 2.77. The van der Waals surface area contributed by atoms with Crippen molar-refractivity contribution in [3.05, 3.63) is 60.2 Å². The van der Waals surface area contributed by atoms with E-state index < -0.39 is 0 Å². The third-order valence-corrected chi connectivity index (χ3v) is 6.41. The molecule has 1 amide bonds. The summed E-state index contributed by atoms with van der Waals surface area (Å²) >= 11 is 0. The molecule has 8 nitrogen and oxygen atoms in total. The Morgan fingerprint density at radius 1 is 1.03 bits per heavy atom. The highest BCUT2D eigenvalue weighted by Gasteiger charge is 2.28. The van der Waals surface area contributed by atoms with Crippen molar-refractivity contribution in [3.63, 3.8) is 0 Å². The van der Waals surface area contributed by atoms with E-state index in [-0.39, 0.29) is 12.5 Å². The number of likely N-dealkylation sites (N-methyl/N-ethyl adjacent to an activating group) is 1. The van der Waals surface area contributed by atoms with Gasteiger partial charge in [0.1, 0.15) is 5.69 Å². The van der Waals surface area contributed by atoms with Crippen molar-refractivity contribution in [2.24, 2.45) is 0 Å². The molecule has 3 heterocycles. The second-order valence-electron chi connectivity index (χ2n) is 8.66. The summed E-state index contributed by atoms with van der Waals surface area (Å²) in [6.07, 6.45) is 4.02. The van der Waals surface area contributed by atoms with Crippen LogP contribution in [0.15, 0.2) is 54.6 Å². The Labute approximate surface area is 198 Å². The van der Waals surface area contributed by atoms with Gasteiger partial charge in [0.05, 0.1) is 5.69 Å². The number of rotatable bonds is 5. The normalized spacial score (nSPS) is 16.5. The predicted molar refractivity (Wildman–Crippen MR) is 129 cm³/mol. The van der Waals surface area contributed by atoms with E-state index in [1.807, 2.05) is 30.3 Å². The molecule has 34 heavy (non-hydrogen) atoms. The number of likely N-dealkylation sites (tertiary alicyclic amines) is 1. The maximum atomic E-state index is 12.1. The lowest BCUT2D eigenvalue weighted by molar-refractivity contribution is -0.121. The van der Waals surface area contributed by atoms with Crippen LogP contribution in [0.5, 0.6) is 5.88 Å². The Balaban J connectivity index is 1.42. The molecule has 0 spiro atoms. The number of hydrogen-bond donors (Lipinski definition) is 1. The first-order valence-electron chi connectivity index (χ1n) is 11.5. The van der Waals surface area contributed by atoms with Gasteiger partial charge in [-0.25, -0.2) is 9.97 Å². The minimum atomic E-state index is -0.148. The number of hydrogen-bond acceptors (Lipinski definition) is 7. The lowest BCUT2D eigenvalue weighted by atomic mass is 10.0. The van der Waals surface area contributed by atoms with Gasteiger partial charge in [-0.15, -0.1) is 0 Å². The molecule has 2 aliphatic rings. The fraction of sp³-hybridized carbons (Fsp3) is 0.308. The molecule has 2 aromatic carbocycles. The molecular formula is C26H26N6O2. The first-order chi connectivity index (χ1) is 16.6. The molecule has 0 unspecified atom stereocenters. The van der Waals surface area contributed by atoms with Crippen LogP contribution in [0.25, 0.3) is 22.5 Å². The Kier molecular flexibility index (Phi) is 6.11. The number of nitrogens with one attached hydrogen (secondary N) is 1. The number of aromatic nitrogens is 2. The van der Waals surface area contributed by atoms with Crippen LogP contribution in [0.1, 0.15) is 18.4 Å². The third kappa shape index (κ3) is 4.43.